The van der Waals surface area contributed by atoms with Gasteiger partial charge in [-0.05, 0) is 96.3 Å². The molecule has 0 aliphatic heterocycles. The van der Waals surface area contributed by atoms with E-state index in [0.717, 1.165) is 0 Å². The lowest BCUT2D eigenvalue weighted by atomic mass is 9.88. The van der Waals surface area contributed by atoms with Crippen LogP contribution in [0.25, 0.3) is 16.8 Å². The Kier molecular flexibility index (Phi) is 10.5. The summed E-state index contributed by atoms with van der Waals surface area (Å²) in [6.07, 6.45) is -5.63. The number of pyridine rings is 1. The first-order chi connectivity index (χ1) is 23.7. The number of aryl methyl sites for hydroxylation is 1. The number of nitrogens with zero attached hydrogens (tertiary/aromatic N) is 4. The fourth-order valence-corrected chi connectivity index (χ4v) is 4.81. The van der Waals surface area contributed by atoms with Gasteiger partial charge in [0.15, 0.2) is 11.2 Å². The van der Waals surface area contributed by atoms with Crippen molar-refractivity contribution in [2.75, 3.05) is 11.4 Å². The summed E-state index contributed by atoms with van der Waals surface area (Å²) in [5, 5.41) is 16.7. The molecule has 0 saturated heterocycles. The van der Waals surface area contributed by atoms with Crippen LogP contribution in [0.15, 0.2) is 54.7 Å². The van der Waals surface area contributed by atoms with Crippen LogP contribution in [0, 0.1) is 12.7 Å². The number of aliphatic hydroxyl groups is 1. The molecule has 2 N–H and O–H groups in total. The number of carbonyl (C=O) groups is 3. The molecular formula is C35H37F6N5O6. The Morgan fingerprint density at radius 3 is 1.90 bits per heavy atom. The van der Waals surface area contributed by atoms with E-state index >= 15 is 13.2 Å². The third-order valence-corrected chi connectivity index (χ3v) is 7.52. The molecule has 11 nitrogen and oxygen atoms in total. The summed E-state index contributed by atoms with van der Waals surface area (Å²) in [4.78, 5) is 44.0. The molecular weight excluding hydrogens is 700 g/mol. The molecule has 0 bridgehead atoms. The number of hydrogen-bond donors (Lipinski definition) is 2. The molecule has 3 amide bonds. The highest BCUT2D eigenvalue weighted by atomic mass is 19.4. The molecule has 4 rings (SSSR count). The number of imide groups is 1. The third-order valence-electron chi connectivity index (χ3n) is 7.52. The SMILES string of the molecule is Cc1ccc(-c2ccn3nc(N(C(=O)OC(C)(C)C)C(=O)OC(C)(C)C)nc3c2)c(F)c1C(=O)NCC(F)(F)C(C)(O)c1ccc(C(F)(F)F)cc1. The minimum absolute atomic E-state index is 0.0285. The summed E-state index contributed by atoms with van der Waals surface area (Å²) < 4.78 is 97.2. The monoisotopic (exact) mass is 737 g/mol. The maximum atomic E-state index is 16.0. The van der Waals surface area contributed by atoms with Crippen LogP contribution in [0.3, 0.4) is 0 Å². The average Bonchev–Trinajstić information content (AvgIpc) is 3.40. The van der Waals surface area contributed by atoms with Crippen molar-refractivity contribution in [1.29, 1.82) is 0 Å². The van der Waals surface area contributed by atoms with Gasteiger partial charge in [-0.2, -0.15) is 18.2 Å². The summed E-state index contributed by atoms with van der Waals surface area (Å²) in [6.45, 7) is 10.1. The highest BCUT2D eigenvalue weighted by Crippen LogP contribution is 2.39. The zero-order valence-electron chi connectivity index (χ0n) is 29.4. The molecule has 0 fully saturated rings. The second-order valence-corrected chi connectivity index (χ2v) is 14.1. The number of rotatable bonds is 7. The topological polar surface area (TPSA) is 135 Å². The van der Waals surface area contributed by atoms with Crippen molar-refractivity contribution in [2.24, 2.45) is 0 Å². The molecule has 0 aliphatic carbocycles. The Labute approximate surface area is 294 Å². The largest absolute Gasteiger partial charge is 0.443 e. The van der Waals surface area contributed by atoms with Gasteiger partial charge in [0.25, 0.3) is 17.8 Å². The van der Waals surface area contributed by atoms with Crippen LogP contribution in [0.2, 0.25) is 0 Å². The number of fused-ring (bicyclic) bond motifs is 1. The maximum Gasteiger partial charge on any atom is 0.427 e. The van der Waals surface area contributed by atoms with E-state index in [1.165, 1.54) is 41.9 Å². The zero-order valence-corrected chi connectivity index (χ0v) is 29.4. The standard InChI is InChI=1S/C35H37F6N5O6/c1-19-9-14-23(26(36)25(19)27(47)42-18-34(37,38)33(8,50)21-10-12-22(13-11-21)35(39,40)41)20-15-16-45-24(17-20)43-28(44-45)46(29(48)51-31(2,3)4)30(49)52-32(5,6)7/h9-17,50H,18H2,1-8H3,(H,42,47). The van der Waals surface area contributed by atoms with Gasteiger partial charge in [0, 0.05) is 11.8 Å². The predicted octanol–water partition coefficient (Wildman–Crippen LogP) is 7.81. The molecule has 0 spiro atoms. The van der Waals surface area contributed by atoms with Crippen molar-refractivity contribution in [2.45, 2.75) is 84.3 Å². The molecule has 52 heavy (non-hydrogen) atoms. The number of amides is 3. The first-order valence-corrected chi connectivity index (χ1v) is 15.7. The molecule has 17 heteroatoms. The van der Waals surface area contributed by atoms with Gasteiger partial charge < -0.3 is 19.9 Å². The van der Waals surface area contributed by atoms with Crippen molar-refractivity contribution in [3.05, 3.63) is 82.8 Å². The van der Waals surface area contributed by atoms with Crippen molar-refractivity contribution < 1.29 is 55.3 Å². The number of hydrogen-bond acceptors (Lipinski definition) is 8. The van der Waals surface area contributed by atoms with Crippen molar-refractivity contribution in [3.63, 3.8) is 0 Å². The number of alkyl halides is 5. The van der Waals surface area contributed by atoms with Gasteiger partial charge in [-0.15, -0.1) is 10.00 Å². The van der Waals surface area contributed by atoms with Gasteiger partial charge in [0.05, 0.1) is 17.7 Å². The summed E-state index contributed by atoms with van der Waals surface area (Å²) in [5.74, 6) is -6.88. The number of aromatic nitrogens is 3. The Balaban J connectivity index is 1.62. The summed E-state index contributed by atoms with van der Waals surface area (Å²) in [7, 11) is 0. The summed E-state index contributed by atoms with van der Waals surface area (Å²) >= 11 is 0. The lowest BCUT2D eigenvalue weighted by molar-refractivity contribution is -0.173. The van der Waals surface area contributed by atoms with Gasteiger partial charge in [-0.1, -0.05) is 24.3 Å². The van der Waals surface area contributed by atoms with Crippen LogP contribution < -0.4 is 10.2 Å². The molecule has 4 aromatic rings. The van der Waals surface area contributed by atoms with Crippen LogP contribution in [-0.2, 0) is 21.3 Å². The van der Waals surface area contributed by atoms with E-state index in [0.29, 0.717) is 36.1 Å². The van der Waals surface area contributed by atoms with Crippen molar-refractivity contribution >= 4 is 29.7 Å². The van der Waals surface area contributed by atoms with Gasteiger partial charge in [0.1, 0.15) is 17.0 Å². The predicted molar refractivity (Wildman–Crippen MR) is 176 cm³/mol. The van der Waals surface area contributed by atoms with Gasteiger partial charge in [-0.25, -0.2) is 27.3 Å². The molecule has 1 unspecified atom stereocenters. The second-order valence-electron chi connectivity index (χ2n) is 14.1. The Morgan fingerprint density at radius 1 is 0.846 bits per heavy atom. The minimum Gasteiger partial charge on any atom is -0.443 e. The first kappa shape index (κ1) is 39.6. The third kappa shape index (κ3) is 8.63. The molecule has 280 valence electrons. The second kappa shape index (κ2) is 13.7. The van der Waals surface area contributed by atoms with Gasteiger partial charge >= 0.3 is 18.4 Å². The molecule has 1 atom stereocenters. The lowest BCUT2D eigenvalue weighted by Crippen LogP contribution is -2.50. The fourth-order valence-electron chi connectivity index (χ4n) is 4.81. The number of halogens is 6. The van der Waals surface area contributed by atoms with Gasteiger partial charge in [0.2, 0.25) is 0 Å². The van der Waals surface area contributed by atoms with E-state index in [9.17, 15) is 32.7 Å². The number of nitrogens with one attached hydrogen (secondary N) is 1. The van der Waals surface area contributed by atoms with E-state index in [1.807, 2.05) is 5.32 Å². The zero-order chi connectivity index (χ0) is 39.2. The van der Waals surface area contributed by atoms with E-state index in [-0.39, 0.29) is 22.3 Å². The molecule has 0 radical (unpaired) electrons. The van der Waals surface area contributed by atoms with E-state index < -0.39 is 82.0 Å². The summed E-state index contributed by atoms with van der Waals surface area (Å²) in [6, 6.07) is 7.92. The Morgan fingerprint density at radius 2 is 1.38 bits per heavy atom. The molecule has 0 aliphatic rings. The maximum absolute atomic E-state index is 16.0. The first-order valence-electron chi connectivity index (χ1n) is 15.7. The normalized spacial score (nSPS) is 13.8. The van der Waals surface area contributed by atoms with Crippen LogP contribution in [0.1, 0.15) is 75.5 Å². The summed E-state index contributed by atoms with van der Waals surface area (Å²) in [5.41, 5.74) is -7.17. The number of benzene rings is 2. The van der Waals surface area contributed by atoms with E-state index in [1.54, 1.807) is 41.5 Å². The van der Waals surface area contributed by atoms with Crippen LogP contribution in [-0.4, -0.2) is 61.5 Å². The van der Waals surface area contributed by atoms with Gasteiger partial charge in [-0.3, -0.25) is 4.79 Å². The minimum atomic E-state index is -4.73. The van der Waals surface area contributed by atoms with E-state index in [4.69, 9.17) is 9.47 Å². The fraction of sp³-hybridized carbons (Fsp3) is 0.400. The van der Waals surface area contributed by atoms with Crippen LogP contribution >= 0.6 is 0 Å². The number of anilines is 1. The molecule has 2 heterocycles. The average molecular weight is 738 g/mol. The Hall–Kier alpha value is -5.19. The molecule has 0 saturated carbocycles. The van der Waals surface area contributed by atoms with Crippen molar-refractivity contribution in [1.82, 2.24) is 19.9 Å². The quantitative estimate of drug-likeness (QED) is 0.184. The number of carbonyl (C=O) groups excluding carboxylic acids is 3. The smallest absolute Gasteiger partial charge is 0.427 e. The highest BCUT2D eigenvalue weighted by Gasteiger charge is 2.50. The lowest BCUT2D eigenvalue weighted by Gasteiger charge is -2.33. The van der Waals surface area contributed by atoms with Crippen LogP contribution in [0.5, 0.6) is 0 Å². The van der Waals surface area contributed by atoms with Crippen LogP contribution in [0.4, 0.5) is 41.9 Å². The number of ether oxygens (including phenoxy) is 2. The van der Waals surface area contributed by atoms with Crippen molar-refractivity contribution in [3.8, 4) is 11.1 Å². The molecule has 2 aromatic heterocycles. The molecule has 2 aromatic carbocycles. The van der Waals surface area contributed by atoms with E-state index in [2.05, 4.69) is 10.1 Å². The highest BCUT2D eigenvalue weighted by molar-refractivity contribution is 6.08. The Bertz CT molecular complexity index is 1970.